The first-order valence-corrected chi connectivity index (χ1v) is 7.11. The van der Waals surface area contributed by atoms with Gasteiger partial charge in [-0.2, -0.15) is 0 Å². The largest absolute Gasteiger partial charge is 0.372 e. The Hall–Kier alpha value is -2.07. The van der Waals surface area contributed by atoms with Crippen molar-refractivity contribution in [2.75, 3.05) is 10.6 Å². The molecule has 1 aliphatic rings. The van der Waals surface area contributed by atoms with Crippen LogP contribution in [0, 0.1) is 5.82 Å². The third kappa shape index (κ3) is 3.00. The van der Waals surface area contributed by atoms with Gasteiger partial charge >= 0.3 is 0 Å². The van der Waals surface area contributed by atoms with Crippen molar-refractivity contribution in [2.45, 2.75) is 18.9 Å². The van der Waals surface area contributed by atoms with Gasteiger partial charge in [0.15, 0.2) is 0 Å². The quantitative estimate of drug-likeness (QED) is 0.904. The number of nitrogens with one attached hydrogen (secondary N) is 2. The first-order valence-electron chi connectivity index (χ1n) is 6.74. The maximum absolute atomic E-state index is 13.4. The van der Waals surface area contributed by atoms with E-state index in [0.29, 0.717) is 17.8 Å². The molecule has 0 saturated heterocycles. The van der Waals surface area contributed by atoms with Crippen LogP contribution >= 0.6 is 11.6 Å². The van der Waals surface area contributed by atoms with Crippen LogP contribution < -0.4 is 10.6 Å². The molecular formula is C16H14ClFN2O. The van der Waals surface area contributed by atoms with Crippen molar-refractivity contribution in [2.24, 2.45) is 0 Å². The van der Waals surface area contributed by atoms with Crippen LogP contribution in [0.4, 0.5) is 15.8 Å². The Kier molecular flexibility index (Phi) is 3.80. The molecule has 0 aromatic heterocycles. The number of benzene rings is 2. The van der Waals surface area contributed by atoms with Crippen molar-refractivity contribution in [1.29, 1.82) is 0 Å². The Morgan fingerprint density at radius 1 is 1.14 bits per heavy atom. The second-order valence-corrected chi connectivity index (χ2v) is 5.43. The zero-order chi connectivity index (χ0) is 14.8. The van der Waals surface area contributed by atoms with E-state index in [9.17, 15) is 9.18 Å². The molecule has 3 nitrogen and oxygen atoms in total. The molecule has 3 rings (SSSR count). The summed E-state index contributed by atoms with van der Waals surface area (Å²) in [4.78, 5) is 12.0. The fourth-order valence-electron chi connectivity index (χ4n) is 2.40. The van der Waals surface area contributed by atoms with E-state index in [4.69, 9.17) is 11.6 Å². The number of halogens is 2. The van der Waals surface area contributed by atoms with E-state index in [0.717, 1.165) is 6.42 Å². The minimum absolute atomic E-state index is 0.0409. The van der Waals surface area contributed by atoms with E-state index in [2.05, 4.69) is 10.6 Å². The lowest BCUT2D eigenvalue weighted by atomic mass is 10.0. The SMILES string of the molecule is O=C1Nc2cc(F)c(Cl)cc2NC1CCc1ccccc1. The zero-order valence-electron chi connectivity index (χ0n) is 11.2. The fourth-order valence-corrected chi connectivity index (χ4v) is 2.57. The van der Waals surface area contributed by atoms with Crippen molar-refractivity contribution in [3.05, 3.63) is 58.9 Å². The molecule has 1 aliphatic heterocycles. The van der Waals surface area contributed by atoms with Gasteiger partial charge < -0.3 is 10.6 Å². The molecule has 0 aliphatic carbocycles. The molecule has 1 heterocycles. The van der Waals surface area contributed by atoms with E-state index >= 15 is 0 Å². The predicted molar refractivity (Wildman–Crippen MR) is 82.2 cm³/mol. The average molecular weight is 305 g/mol. The van der Waals surface area contributed by atoms with Gasteiger partial charge in [0.2, 0.25) is 5.91 Å². The Bertz CT molecular complexity index is 675. The first kappa shape index (κ1) is 13.9. The van der Waals surface area contributed by atoms with Gasteiger partial charge in [-0.1, -0.05) is 41.9 Å². The van der Waals surface area contributed by atoms with Crippen molar-refractivity contribution in [3.8, 4) is 0 Å². The van der Waals surface area contributed by atoms with Gasteiger partial charge in [0, 0.05) is 6.07 Å². The summed E-state index contributed by atoms with van der Waals surface area (Å²) in [5, 5.41) is 5.88. The summed E-state index contributed by atoms with van der Waals surface area (Å²) in [6.45, 7) is 0. The average Bonchev–Trinajstić information content (AvgIpc) is 2.48. The molecule has 21 heavy (non-hydrogen) atoms. The highest BCUT2D eigenvalue weighted by Gasteiger charge is 2.26. The monoisotopic (exact) mass is 304 g/mol. The molecule has 2 aromatic carbocycles. The molecule has 0 saturated carbocycles. The van der Waals surface area contributed by atoms with Crippen LogP contribution in [0.3, 0.4) is 0 Å². The predicted octanol–water partition coefficient (Wildman–Crippen LogP) is 3.84. The van der Waals surface area contributed by atoms with Gasteiger partial charge in [0.1, 0.15) is 11.9 Å². The maximum atomic E-state index is 13.4. The highest BCUT2D eigenvalue weighted by atomic mass is 35.5. The van der Waals surface area contributed by atoms with Gasteiger partial charge in [-0.15, -0.1) is 0 Å². The lowest BCUT2D eigenvalue weighted by molar-refractivity contribution is -0.117. The van der Waals surface area contributed by atoms with Crippen molar-refractivity contribution >= 4 is 28.9 Å². The molecule has 2 N–H and O–H groups in total. The van der Waals surface area contributed by atoms with Crippen molar-refractivity contribution < 1.29 is 9.18 Å². The smallest absolute Gasteiger partial charge is 0.246 e. The van der Waals surface area contributed by atoms with Gasteiger partial charge in [-0.3, -0.25) is 4.79 Å². The normalized spacial score (nSPS) is 16.9. The Labute approximate surface area is 127 Å². The zero-order valence-corrected chi connectivity index (χ0v) is 12.0. The summed E-state index contributed by atoms with van der Waals surface area (Å²) in [5.74, 6) is -0.694. The van der Waals surface area contributed by atoms with E-state index < -0.39 is 5.82 Å². The number of aryl methyl sites for hydroxylation is 1. The lowest BCUT2D eigenvalue weighted by Gasteiger charge is -2.27. The third-order valence-electron chi connectivity index (χ3n) is 3.53. The standard InChI is InChI=1S/C16H14ClFN2O/c17-11-8-14-15(9-12(11)18)20-16(21)13(19-14)7-6-10-4-2-1-3-5-10/h1-5,8-9,13,19H,6-7H2,(H,20,21). The summed E-state index contributed by atoms with van der Waals surface area (Å²) < 4.78 is 13.4. The summed E-state index contributed by atoms with van der Waals surface area (Å²) in [5.41, 5.74) is 2.26. The lowest BCUT2D eigenvalue weighted by Crippen LogP contribution is -2.39. The second-order valence-electron chi connectivity index (χ2n) is 5.02. The maximum Gasteiger partial charge on any atom is 0.246 e. The van der Waals surface area contributed by atoms with E-state index in [1.54, 1.807) is 0 Å². The van der Waals surface area contributed by atoms with Crippen LogP contribution in [-0.4, -0.2) is 11.9 Å². The third-order valence-corrected chi connectivity index (χ3v) is 3.82. The Morgan fingerprint density at radius 3 is 2.67 bits per heavy atom. The summed E-state index contributed by atoms with van der Waals surface area (Å²) >= 11 is 5.77. The van der Waals surface area contributed by atoms with Crippen molar-refractivity contribution in [1.82, 2.24) is 0 Å². The number of hydrogen-bond acceptors (Lipinski definition) is 2. The number of rotatable bonds is 3. The van der Waals surface area contributed by atoms with Crippen LogP contribution in [0.2, 0.25) is 5.02 Å². The van der Waals surface area contributed by atoms with Crippen molar-refractivity contribution in [3.63, 3.8) is 0 Å². The van der Waals surface area contributed by atoms with Crippen LogP contribution in [0.15, 0.2) is 42.5 Å². The minimum Gasteiger partial charge on any atom is -0.372 e. The Balaban J connectivity index is 1.73. The van der Waals surface area contributed by atoms with E-state index in [1.807, 2.05) is 30.3 Å². The molecule has 0 radical (unpaired) electrons. The van der Waals surface area contributed by atoms with Crippen LogP contribution in [-0.2, 0) is 11.2 Å². The van der Waals surface area contributed by atoms with E-state index in [1.165, 1.54) is 17.7 Å². The van der Waals surface area contributed by atoms with E-state index in [-0.39, 0.29) is 17.0 Å². The van der Waals surface area contributed by atoms with Crippen LogP contribution in [0.5, 0.6) is 0 Å². The highest BCUT2D eigenvalue weighted by Crippen LogP contribution is 2.32. The van der Waals surface area contributed by atoms with Gasteiger partial charge in [0.25, 0.3) is 0 Å². The summed E-state index contributed by atoms with van der Waals surface area (Å²) in [6, 6.07) is 12.4. The number of carbonyl (C=O) groups excluding carboxylic acids is 1. The van der Waals surface area contributed by atoms with Gasteiger partial charge in [0.05, 0.1) is 16.4 Å². The molecule has 0 bridgehead atoms. The minimum atomic E-state index is -0.541. The fraction of sp³-hybridized carbons (Fsp3) is 0.188. The van der Waals surface area contributed by atoms with Crippen LogP contribution in [0.25, 0.3) is 0 Å². The number of hydrogen-bond donors (Lipinski definition) is 2. The molecule has 1 atom stereocenters. The highest BCUT2D eigenvalue weighted by molar-refractivity contribution is 6.31. The molecule has 0 fully saturated rings. The molecular weight excluding hydrogens is 291 g/mol. The number of amides is 1. The van der Waals surface area contributed by atoms with Gasteiger partial charge in [-0.05, 0) is 24.5 Å². The molecule has 108 valence electrons. The molecule has 1 unspecified atom stereocenters. The molecule has 2 aromatic rings. The summed E-state index contributed by atoms with van der Waals surface area (Å²) in [7, 11) is 0. The molecule has 0 spiro atoms. The summed E-state index contributed by atoms with van der Waals surface area (Å²) in [6.07, 6.45) is 1.44. The first-order chi connectivity index (χ1) is 10.1. The second kappa shape index (κ2) is 5.74. The van der Waals surface area contributed by atoms with Crippen LogP contribution in [0.1, 0.15) is 12.0 Å². The van der Waals surface area contributed by atoms with Gasteiger partial charge in [-0.25, -0.2) is 4.39 Å². The number of carbonyl (C=O) groups is 1. The topological polar surface area (TPSA) is 41.1 Å². The Morgan fingerprint density at radius 2 is 1.90 bits per heavy atom. The number of fused-ring (bicyclic) bond motifs is 1. The number of anilines is 2. The molecule has 5 heteroatoms. The molecule has 1 amide bonds.